The van der Waals surface area contributed by atoms with Gasteiger partial charge >= 0.3 is 12.0 Å². The molecule has 2 rings (SSSR count). The van der Waals surface area contributed by atoms with E-state index in [1.54, 1.807) is 6.07 Å². The minimum absolute atomic E-state index is 0.0378. The van der Waals surface area contributed by atoms with Crippen molar-refractivity contribution < 1.29 is 14.7 Å². The number of nitrogens with zero attached hydrogens (tertiary/aromatic N) is 3. The van der Waals surface area contributed by atoms with Crippen molar-refractivity contribution in [3.8, 4) is 0 Å². The van der Waals surface area contributed by atoms with Gasteiger partial charge in [0.15, 0.2) is 0 Å². The van der Waals surface area contributed by atoms with Crippen molar-refractivity contribution >= 4 is 28.5 Å². The van der Waals surface area contributed by atoms with Crippen molar-refractivity contribution in [3.63, 3.8) is 0 Å². The average Bonchev–Trinajstić information content (AvgIpc) is 2.93. The first-order valence-corrected chi connectivity index (χ1v) is 6.95. The maximum absolute atomic E-state index is 11.7. The van der Waals surface area contributed by atoms with Crippen LogP contribution < -0.4 is 10.6 Å². The number of carboxylic acids is 1. The van der Waals surface area contributed by atoms with E-state index < -0.39 is 12.0 Å². The molecule has 0 aromatic carbocycles. The van der Waals surface area contributed by atoms with E-state index in [4.69, 9.17) is 5.11 Å². The summed E-state index contributed by atoms with van der Waals surface area (Å²) in [5.41, 5.74) is 0.658. The van der Waals surface area contributed by atoms with Crippen LogP contribution in [0.4, 0.5) is 9.93 Å². The average molecular weight is 307 g/mol. The number of aromatic nitrogens is 3. The molecule has 0 radical (unpaired) electrons. The summed E-state index contributed by atoms with van der Waals surface area (Å²) in [5.74, 6) is -1.09. The molecule has 0 unspecified atom stereocenters. The fraction of sp³-hybridized carbons (Fsp3) is 0.250. The lowest BCUT2D eigenvalue weighted by atomic mass is 10.2. The monoisotopic (exact) mass is 307 g/mol. The van der Waals surface area contributed by atoms with Crippen LogP contribution in [-0.2, 0) is 13.0 Å². The molecule has 0 fully saturated rings. The molecule has 2 aromatic rings. The summed E-state index contributed by atoms with van der Waals surface area (Å²) in [6, 6.07) is 2.57. The Morgan fingerprint density at radius 1 is 1.33 bits per heavy atom. The Kier molecular flexibility index (Phi) is 4.77. The van der Waals surface area contributed by atoms with E-state index in [0.717, 1.165) is 11.4 Å². The maximum atomic E-state index is 11.7. The summed E-state index contributed by atoms with van der Waals surface area (Å²) in [7, 11) is 0. The highest BCUT2D eigenvalue weighted by Crippen LogP contribution is 2.14. The van der Waals surface area contributed by atoms with E-state index in [0.29, 0.717) is 10.7 Å². The number of carbonyl (C=O) groups is 2. The molecule has 0 saturated carbocycles. The molecule has 2 heterocycles. The number of nitrogens with one attached hydrogen (secondary N) is 2. The number of aryl methyl sites for hydroxylation is 1. The van der Waals surface area contributed by atoms with Crippen molar-refractivity contribution in [3.05, 3.63) is 34.6 Å². The zero-order valence-electron chi connectivity index (χ0n) is 11.2. The lowest BCUT2D eigenvalue weighted by Gasteiger charge is -2.05. The third-order valence-corrected chi connectivity index (χ3v) is 3.47. The summed E-state index contributed by atoms with van der Waals surface area (Å²) < 4.78 is 0. The van der Waals surface area contributed by atoms with E-state index in [1.807, 2.05) is 6.92 Å². The first-order valence-electron chi connectivity index (χ1n) is 6.14. The smallest absolute Gasteiger partial charge is 0.354 e. The fourth-order valence-corrected chi connectivity index (χ4v) is 2.10. The molecule has 0 atom stereocenters. The summed E-state index contributed by atoms with van der Waals surface area (Å²) >= 11 is 1.32. The number of carboxylic acid groups (broad SMARTS) is 1. The second kappa shape index (κ2) is 6.75. The number of amides is 2. The third kappa shape index (κ3) is 4.21. The standard InChI is InChI=1S/C12H13N5O3S/c1-2-9-16-17-12(21-9)15-11(20)14-6-7-3-4-8(10(18)19)13-5-7/h3-5H,2,6H2,1H3,(H,18,19)(H2,14,15,17,20). The molecule has 2 amide bonds. The molecule has 21 heavy (non-hydrogen) atoms. The lowest BCUT2D eigenvalue weighted by Crippen LogP contribution is -2.28. The largest absolute Gasteiger partial charge is 0.477 e. The molecule has 2 aromatic heterocycles. The van der Waals surface area contributed by atoms with Gasteiger partial charge in [-0.25, -0.2) is 14.6 Å². The first-order chi connectivity index (χ1) is 10.1. The molecule has 0 bridgehead atoms. The maximum Gasteiger partial charge on any atom is 0.354 e. The minimum atomic E-state index is -1.09. The van der Waals surface area contributed by atoms with E-state index >= 15 is 0 Å². The van der Waals surface area contributed by atoms with Crippen molar-refractivity contribution in [2.75, 3.05) is 5.32 Å². The topological polar surface area (TPSA) is 117 Å². The highest BCUT2D eigenvalue weighted by atomic mass is 32.1. The van der Waals surface area contributed by atoms with Gasteiger partial charge in [-0.2, -0.15) is 0 Å². The SMILES string of the molecule is CCc1nnc(NC(=O)NCc2ccc(C(=O)O)nc2)s1. The molecule has 3 N–H and O–H groups in total. The fourth-order valence-electron chi connectivity index (χ4n) is 1.43. The van der Waals surface area contributed by atoms with Gasteiger partial charge in [-0.1, -0.05) is 24.3 Å². The molecule has 9 heteroatoms. The molecule has 0 aliphatic carbocycles. The van der Waals surface area contributed by atoms with Crippen LogP contribution in [0.1, 0.15) is 28.0 Å². The van der Waals surface area contributed by atoms with Gasteiger partial charge in [0.25, 0.3) is 0 Å². The Labute approximate surface area is 124 Å². The van der Waals surface area contributed by atoms with Crippen molar-refractivity contribution in [1.82, 2.24) is 20.5 Å². The van der Waals surface area contributed by atoms with E-state index in [2.05, 4.69) is 25.8 Å². The van der Waals surface area contributed by atoms with Crippen LogP contribution >= 0.6 is 11.3 Å². The molecule has 0 aliphatic rings. The van der Waals surface area contributed by atoms with Gasteiger partial charge in [-0.05, 0) is 18.1 Å². The summed E-state index contributed by atoms with van der Waals surface area (Å²) in [6.45, 7) is 2.19. The van der Waals surface area contributed by atoms with Crippen LogP contribution in [0.25, 0.3) is 0 Å². The van der Waals surface area contributed by atoms with Crippen LogP contribution in [0.5, 0.6) is 0 Å². The predicted molar refractivity (Wildman–Crippen MR) is 76.3 cm³/mol. The van der Waals surface area contributed by atoms with E-state index in [-0.39, 0.29) is 12.2 Å². The molecule has 0 saturated heterocycles. The second-order valence-corrected chi connectivity index (χ2v) is 5.08. The normalized spacial score (nSPS) is 10.1. The first kappa shape index (κ1) is 14.9. The Morgan fingerprint density at radius 3 is 2.71 bits per heavy atom. The Balaban J connectivity index is 1.84. The Bertz CT molecular complexity index is 641. The number of hydrogen-bond donors (Lipinski definition) is 3. The van der Waals surface area contributed by atoms with Crippen LogP contribution in [0.15, 0.2) is 18.3 Å². The number of hydrogen-bond acceptors (Lipinski definition) is 6. The van der Waals surface area contributed by atoms with Crippen LogP contribution in [0.3, 0.4) is 0 Å². The van der Waals surface area contributed by atoms with Crippen LogP contribution in [0, 0.1) is 0 Å². The minimum Gasteiger partial charge on any atom is -0.477 e. The van der Waals surface area contributed by atoms with Gasteiger partial charge in [0, 0.05) is 12.7 Å². The molecule has 0 spiro atoms. The Morgan fingerprint density at radius 2 is 2.14 bits per heavy atom. The highest BCUT2D eigenvalue weighted by Gasteiger charge is 2.07. The van der Waals surface area contributed by atoms with E-state index in [1.165, 1.54) is 23.6 Å². The predicted octanol–water partition coefficient (Wildman–Crippen LogP) is 1.52. The molecule has 8 nitrogen and oxygen atoms in total. The van der Waals surface area contributed by atoms with Gasteiger partial charge in [-0.3, -0.25) is 5.32 Å². The molecular formula is C12H13N5O3S. The van der Waals surface area contributed by atoms with Gasteiger partial charge in [0.05, 0.1) is 0 Å². The van der Waals surface area contributed by atoms with Crippen LogP contribution in [-0.4, -0.2) is 32.3 Å². The number of anilines is 1. The van der Waals surface area contributed by atoms with E-state index in [9.17, 15) is 9.59 Å². The van der Waals surface area contributed by atoms with Crippen molar-refractivity contribution in [2.45, 2.75) is 19.9 Å². The summed E-state index contributed by atoms with van der Waals surface area (Å²) in [6.07, 6.45) is 2.17. The quantitative estimate of drug-likeness (QED) is 0.771. The number of rotatable bonds is 5. The van der Waals surface area contributed by atoms with Crippen molar-refractivity contribution in [2.24, 2.45) is 0 Å². The molecular weight excluding hydrogens is 294 g/mol. The van der Waals surface area contributed by atoms with Gasteiger partial charge in [-0.15, -0.1) is 10.2 Å². The summed E-state index contributed by atoms with van der Waals surface area (Å²) in [4.78, 5) is 26.1. The van der Waals surface area contributed by atoms with Crippen LogP contribution in [0.2, 0.25) is 0 Å². The van der Waals surface area contributed by atoms with Gasteiger partial charge in [0.1, 0.15) is 10.7 Å². The second-order valence-electron chi connectivity index (χ2n) is 4.02. The zero-order valence-corrected chi connectivity index (χ0v) is 12.0. The number of aromatic carboxylic acids is 1. The highest BCUT2D eigenvalue weighted by molar-refractivity contribution is 7.15. The van der Waals surface area contributed by atoms with Crippen molar-refractivity contribution in [1.29, 1.82) is 0 Å². The summed E-state index contributed by atoms with van der Waals surface area (Å²) in [5, 5.41) is 22.9. The number of pyridine rings is 1. The lowest BCUT2D eigenvalue weighted by molar-refractivity contribution is 0.0690. The Hall–Kier alpha value is -2.55. The number of urea groups is 1. The third-order valence-electron chi connectivity index (χ3n) is 2.49. The molecule has 110 valence electrons. The van der Waals surface area contributed by atoms with Gasteiger partial charge < -0.3 is 10.4 Å². The molecule has 0 aliphatic heterocycles. The number of carbonyl (C=O) groups excluding carboxylic acids is 1. The van der Waals surface area contributed by atoms with Gasteiger partial charge in [0.2, 0.25) is 5.13 Å². The zero-order chi connectivity index (χ0) is 15.2.